The minimum absolute atomic E-state index is 0.298. The second-order valence-corrected chi connectivity index (χ2v) is 11.2. The molecule has 0 saturated carbocycles. The van der Waals surface area contributed by atoms with Crippen molar-refractivity contribution >= 4 is 8.07 Å². The lowest BCUT2D eigenvalue weighted by Gasteiger charge is -2.23. The number of benzene rings is 2. The first-order valence-corrected chi connectivity index (χ1v) is 11.0. The summed E-state index contributed by atoms with van der Waals surface area (Å²) >= 11 is 0. The van der Waals surface area contributed by atoms with Gasteiger partial charge in [-0.1, -0.05) is 86.2 Å². The van der Waals surface area contributed by atoms with Crippen LogP contribution in [-0.2, 0) is 6.54 Å². The molecule has 114 valence electrons. The summed E-state index contributed by atoms with van der Waals surface area (Å²) in [6, 6.07) is 19.6. The Hall–Kier alpha value is -1.86. The van der Waals surface area contributed by atoms with Crippen LogP contribution in [-0.4, -0.2) is 18.3 Å². The molecule has 2 aromatic rings. The highest BCUT2D eigenvalue weighted by atomic mass is 28.3. The molecular weight excluding hydrogens is 286 g/mol. The van der Waals surface area contributed by atoms with Crippen LogP contribution >= 0.6 is 0 Å². The van der Waals surface area contributed by atoms with Crippen LogP contribution in [0.1, 0.15) is 17.2 Å². The molecule has 3 heteroatoms. The number of rotatable bonds is 4. The van der Waals surface area contributed by atoms with Gasteiger partial charge in [-0.3, -0.25) is 0 Å². The third kappa shape index (κ3) is 5.16. The van der Waals surface area contributed by atoms with E-state index in [4.69, 9.17) is 0 Å². The van der Waals surface area contributed by atoms with Crippen molar-refractivity contribution in [1.82, 2.24) is 5.06 Å². The van der Waals surface area contributed by atoms with Crippen LogP contribution < -0.4 is 0 Å². The first-order chi connectivity index (χ1) is 10.5. The zero-order valence-electron chi connectivity index (χ0n) is 13.5. The molecule has 2 aromatic carbocycles. The van der Waals surface area contributed by atoms with Crippen LogP contribution in [0.2, 0.25) is 19.6 Å². The Labute approximate surface area is 134 Å². The zero-order chi connectivity index (χ0) is 16.0. The molecule has 22 heavy (non-hydrogen) atoms. The van der Waals surface area contributed by atoms with E-state index < -0.39 is 8.07 Å². The average molecular weight is 309 g/mol. The normalized spacial score (nSPS) is 12.6. The van der Waals surface area contributed by atoms with Crippen LogP contribution in [0.15, 0.2) is 60.7 Å². The quantitative estimate of drug-likeness (QED) is 0.510. The van der Waals surface area contributed by atoms with E-state index in [9.17, 15) is 5.21 Å². The molecule has 0 heterocycles. The fraction of sp³-hybridized carbons (Fsp3) is 0.263. The van der Waals surface area contributed by atoms with Gasteiger partial charge in [-0.05, 0) is 11.1 Å². The van der Waals surface area contributed by atoms with E-state index in [0.29, 0.717) is 6.54 Å². The van der Waals surface area contributed by atoms with Crippen LogP contribution in [0.3, 0.4) is 0 Å². The van der Waals surface area contributed by atoms with Crippen molar-refractivity contribution in [2.75, 3.05) is 0 Å². The molecule has 0 bridgehead atoms. The van der Waals surface area contributed by atoms with Gasteiger partial charge in [0.05, 0.1) is 6.54 Å². The van der Waals surface area contributed by atoms with Gasteiger partial charge in [-0.15, -0.1) is 5.54 Å². The second-order valence-electron chi connectivity index (χ2n) is 6.42. The van der Waals surface area contributed by atoms with Crippen molar-refractivity contribution in [3.8, 4) is 11.5 Å². The largest absolute Gasteiger partial charge is 0.312 e. The van der Waals surface area contributed by atoms with E-state index in [-0.39, 0.29) is 6.04 Å². The summed E-state index contributed by atoms with van der Waals surface area (Å²) in [6.07, 6.45) is 0. The molecule has 0 spiro atoms. The van der Waals surface area contributed by atoms with Crippen molar-refractivity contribution in [1.29, 1.82) is 0 Å². The van der Waals surface area contributed by atoms with Crippen LogP contribution in [0.4, 0.5) is 0 Å². The predicted octanol–water partition coefficient (Wildman–Crippen LogP) is 4.50. The monoisotopic (exact) mass is 309 g/mol. The van der Waals surface area contributed by atoms with Gasteiger partial charge in [0.1, 0.15) is 14.1 Å². The predicted molar refractivity (Wildman–Crippen MR) is 94.1 cm³/mol. The summed E-state index contributed by atoms with van der Waals surface area (Å²) < 4.78 is 0. The van der Waals surface area contributed by atoms with Crippen molar-refractivity contribution in [2.24, 2.45) is 0 Å². The van der Waals surface area contributed by atoms with Gasteiger partial charge in [0.2, 0.25) is 0 Å². The highest BCUT2D eigenvalue weighted by molar-refractivity contribution is 6.83. The lowest BCUT2D eigenvalue weighted by atomic mass is 10.1. The molecule has 0 aliphatic carbocycles. The Morgan fingerprint density at radius 3 is 2.05 bits per heavy atom. The summed E-state index contributed by atoms with van der Waals surface area (Å²) in [4.78, 5) is 0. The summed E-state index contributed by atoms with van der Waals surface area (Å²) in [5.41, 5.74) is 5.46. The summed E-state index contributed by atoms with van der Waals surface area (Å²) in [7, 11) is -1.49. The molecule has 0 aromatic heterocycles. The number of hydroxylamine groups is 2. The van der Waals surface area contributed by atoms with E-state index >= 15 is 0 Å². The number of hydrogen-bond donors (Lipinski definition) is 1. The summed E-state index contributed by atoms with van der Waals surface area (Å²) in [5, 5.41) is 11.9. The Morgan fingerprint density at radius 1 is 0.955 bits per heavy atom. The van der Waals surface area contributed by atoms with E-state index in [1.165, 1.54) is 5.06 Å². The lowest BCUT2D eigenvalue weighted by Crippen LogP contribution is -2.25. The highest BCUT2D eigenvalue weighted by Gasteiger charge is 2.18. The topological polar surface area (TPSA) is 23.5 Å². The first-order valence-electron chi connectivity index (χ1n) is 7.53. The van der Waals surface area contributed by atoms with Crippen LogP contribution in [0, 0.1) is 11.5 Å². The SMILES string of the molecule is C[Si](C)(C)C#C[C@@H](c1ccccc1)N(O)Cc1ccccc1. The maximum Gasteiger partial charge on any atom is 0.129 e. The molecule has 0 unspecified atom stereocenters. The first kappa shape index (κ1) is 16.5. The number of hydrogen-bond acceptors (Lipinski definition) is 2. The highest BCUT2D eigenvalue weighted by Crippen LogP contribution is 2.20. The third-order valence-corrected chi connectivity index (χ3v) is 4.08. The molecule has 1 N–H and O–H groups in total. The molecule has 0 saturated heterocycles. The molecule has 0 aliphatic rings. The standard InChI is InChI=1S/C19H23NOSi/c1-22(2,3)15-14-19(18-12-8-5-9-13-18)20(21)16-17-10-6-4-7-11-17/h4-13,19,21H,16H2,1-3H3/t19-/m0/s1. The van der Waals surface area contributed by atoms with Gasteiger partial charge >= 0.3 is 0 Å². The smallest absolute Gasteiger partial charge is 0.129 e. The third-order valence-electron chi connectivity index (χ3n) is 3.18. The van der Waals surface area contributed by atoms with E-state index in [1.807, 2.05) is 60.7 Å². The lowest BCUT2D eigenvalue weighted by molar-refractivity contribution is -0.121. The van der Waals surface area contributed by atoms with Crippen LogP contribution in [0.25, 0.3) is 0 Å². The molecule has 1 atom stereocenters. The van der Waals surface area contributed by atoms with Gasteiger partial charge in [0.25, 0.3) is 0 Å². The zero-order valence-corrected chi connectivity index (χ0v) is 14.5. The van der Waals surface area contributed by atoms with Gasteiger partial charge in [0, 0.05) is 0 Å². The van der Waals surface area contributed by atoms with Crippen molar-refractivity contribution in [2.45, 2.75) is 32.2 Å². The van der Waals surface area contributed by atoms with E-state index in [0.717, 1.165) is 11.1 Å². The van der Waals surface area contributed by atoms with Gasteiger partial charge in [-0.25, -0.2) is 0 Å². The Balaban J connectivity index is 2.25. The van der Waals surface area contributed by atoms with Gasteiger partial charge < -0.3 is 5.21 Å². The van der Waals surface area contributed by atoms with Gasteiger partial charge in [0.15, 0.2) is 0 Å². The maximum atomic E-state index is 10.6. The van der Waals surface area contributed by atoms with E-state index in [1.54, 1.807) is 0 Å². The molecule has 0 amide bonds. The molecular formula is C19H23NOSi. The molecule has 0 fully saturated rings. The fourth-order valence-corrected chi connectivity index (χ4v) is 2.68. The minimum Gasteiger partial charge on any atom is -0.312 e. The van der Waals surface area contributed by atoms with Crippen molar-refractivity contribution in [3.63, 3.8) is 0 Å². The maximum absolute atomic E-state index is 10.6. The van der Waals surface area contributed by atoms with Crippen molar-refractivity contribution < 1.29 is 5.21 Å². The fourth-order valence-electron chi connectivity index (χ4n) is 2.11. The van der Waals surface area contributed by atoms with E-state index in [2.05, 4.69) is 31.1 Å². The molecule has 0 radical (unpaired) electrons. The Bertz CT molecular complexity index is 638. The summed E-state index contributed by atoms with van der Waals surface area (Å²) in [6.45, 7) is 7.09. The van der Waals surface area contributed by atoms with Crippen molar-refractivity contribution in [3.05, 3.63) is 71.8 Å². The average Bonchev–Trinajstić information content (AvgIpc) is 2.48. The van der Waals surface area contributed by atoms with Crippen LogP contribution in [0.5, 0.6) is 0 Å². The summed E-state index contributed by atoms with van der Waals surface area (Å²) in [5.74, 6) is 3.28. The minimum atomic E-state index is -1.49. The Morgan fingerprint density at radius 2 is 1.50 bits per heavy atom. The number of nitrogens with zero attached hydrogens (tertiary/aromatic N) is 1. The second kappa shape index (κ2) is 7.41. The molecule has 0 aliphatic heterocycles. The Kier molecular flexibility index (Phi) is 5.56. The molecule has 2 nitrogen and oxygen atoms in total. The van der Waals surface area contributed by atoms with Gasteiger partial charge in [-0.2, -0.15) is 5.06 Å². The molecule has 2 rings (SSSR count).